The van der Waals surface area contributed by atoms with Crippen LogP contribution in [0.2, 0.25) is 0 Å². The van der Waals surface area contributed by atoms with Crippen LogP contribution < -0.4 is 20.7 Å². The molecule has 0 aliphatic carbocycles. The lowest BCUT2D eigenvalue weighted by Crippen LogP contribution is -2.34. The van der Waals surface area contributed by atoms with Gasteiger partial charge in [-0.05, 0) is 64.3 Å². The largest absolute Gasteiger partial charge is 0.456 e. The lowest BCUT2D eigenvalue weighted by molar-refractivity contribution is -0.115. The number of nitrogens with zero attached hydrogens (tertiary/aromatic N) is 1. The maximum absolute atomic E-state index is 12.3. The quantitative estimate of drug-likeness (QED) is 0.741. The summed E-state index contributed by atoms with van der Waals surface area (Å²) in [6.07, 6.45) is 1.85. The van der Waals surface area contributed by atoms with Gasteiger partial charge in [0, 0.05) is 23.4 Å². The summed E-state index contributed by atoms with van der Waals surface area (Å²) < 4.78 is 6.27. The van der Waals surface area contributed by atoms with E-state index in [1.54, 1.807) is 12.3 Å². The molecule has 28 heavy (non-hydrogen) atoms. The van der Waals surface area contributed by atoms with Crippen LogP contribution in [0.1, 0.15) is 41.7 Å². The first-order valence-electron chi connectivity index (χ1n) is 9.32. The van der Waals surface area contributed by atoms with Crippen molar-refractivity contribution in [3.8, 4) is 11.5 Å². The standard InChI is InChI=1S/C21H26N4O3/c1-10(2)23-21(27)25-18-12(4)11(3)13(5)19(14(18)6)28-16-7-8-22-20-15(16)9-17(26)24-20/h7-8,10H,9H2,1-6H3,(H,22,24,26)(H2,23,25,27). The highest BCUT2D eigenvalue weighted by Gasteiger charge is 2.25. The van der Waals surface area contributed by atoms with Crippen LogP contribution in [-0.2, 0) is 11.2 Å². The highest BCUT2D eigenvalue weighted by atomic mass is 16.5. The van der Waals surface area contributed by atoms with E-state index in [0.717, 1.165) is 33.5 Å². The number of urea groups is 1. The number of aromatic nitrogens is 1. The Kier molecular flexibility index (Phi) is 5.27. The predicted octanol–water partition coefficient (Wildman–Crippen LogP) is 4.13. The molecular weight excluding hydrogens is 356 g/mol. The first-order chi connectivity index (χ1) is 13.2. The van der Waals surface area contributed by atoms with Crippen LogP contribution >= 0.6 is 0 Å². The van der Waals surface area contributed by atoms with Gasteiger partial charge in [-0.15, -0.1) is 0 Å². The summed E-state index contributed by atoms with van der Waals surface area (Å²) in [4.78, 5) is 28.2. The third-order valence-electron chi connectivity index (χ3n) is 5.03. The maximum atomic E-state index is 12.3. The first kappa shape index (κ1) is 19.7. The first-order valence-corrected chi connectivity index (χ1v) is 9.32. The molecule has 3 rings (SSSR count). The van der Waals surface area contributed by atoms with Crippen molar-refractivity contribution in [2.24, 2.45) is 0 Å². The summed E-state index contributed by atoms with van der Waals surface area (Å²) >= 11 is 0. The van der Waals surface area contributed by atoms with Gasteiger partial charge in [0.25, 0.3) is 0 Å². The molecule has 0 saturated heterocycles. The SMILES string of the molecule is Cc1c(C)c(NC(=O)NC(C)C)c(C)c(Oc2ccnc3c2CC(=O)N3)c1C. The number of rotatable bonds is 4. The summed E-state index contributed by atoms with van der Waals surface area (Å²) in [6, 6.07) is 1.54. The Morgan fingerprint density at radius 2 is 1.86 bits per heavy atom. The molecule has 0 unspecified atom stereocenters. The number of ether oxygens (including phenoxy) is 1. The predicted molar refractivity (Wildman–Crippen MR) is 109 cm³/mol. The van der Waals surface area contributed by atoms with E-state index in [1.807, 2.05) is 41.5 Å². The van der Waals surface area contributed by atoms with Gasteiger partial charge >= 0.3 is 6.03 Å². The number of hydrogen-bond donors (Lipinski definition) is 3. The van der Waals surface area contributed by atoms with Gasteiger partial charge in [0.1, 0.15) is 17.3 Å². The molecule has 1 aromatic carbocycles. The van der Waals surface area contributed by atoms with Crippen molar-refractivity contribution >= 4 is 23.4 Å². The Labute approximate surface area is 164 Å². The molecule has 7 heteroatoms. The fraction of sp³-hybridized carbons (Fsp3) is 0.381. The average molecular weight is 382 g/mol. The lowest BCUT2D eigenvalue weighted by atomic mass is 9.96. The molecule has 7 nitrogen and oxygen atoms in total. The molecule has 3 amide bonds. The van der Waals surface area contributed by atoms with Crippen LogP contribution in [0.5, 0.6) is 11.5 Å². The van der Waals surface area contributed by atoms with Gasteiger partial charge in [-0.2, -0.15) is 0 Å². The van der Waals surface area contributed by atoms with Gasteiger partial charge in [-0.3, -0.25) is 4.79 Å². The Morgan fingerprint density at radius 3 is 2.54 bits per heavy atom. The van der Waals surface area contributed by atoms with E-state index in [9.17, 15) is 9.59 Å². The van der Waals surface area contributed by atoms with Crippen molar-refractivity contribution in [1.82, 2.24) is 10.3 Å². The smallest absolute Gasteiger partial charge is 0.319 e. The van der Waals surface area contributed by atoms with Crippen LogP contribution in [0.25, 0.3) is 0 Å². The molecule has 148 valence electrons. The van der Waals surface area contributed by atoms with E-state index < -0.39 is 0 Å². The molecule has 0 saturated carbocycles. The zero-order valence-corrected chi connectivity index (χ0v) is 17.1. The van der Waals surface area contributed by atoms with Gasteiger partial charge in [0.15, 0.2) is 0 Å². The summed E-state index contributed by atoms with van der Waals surface area (Å²) in [6.45, 7) is 11.7. The number of nitrogens with one attached hydrogen (secondary N) is 3. The van der Waals surface area contributed by atoms with E-state index >= 15 is 0 Å². The molecule has 3 N–H and O–H groups in total. The van der Waals surface area contributed by atoms with Gasteiger partial charge in [0.2, 0.25) is 5.91 Å². The monoisotopic (exact) mass is 382 g/mol. The van der Waals surface area contributed by atoms with Crippen LogP contribution in [0.15, 0.2) is 12.3 Å². The van der Waals surface area contributed by atoms with Crippen LogP contribution in [0.3, 0.4) is 0 Å². The molecule has 0 spiro atoms. The van der Waals surface area contributed by atoms with Crippen LogP contribution in [0, 0.1) is 27.7 Å². The average Bonchev–Trinajstić information content (AvgIpc) is 3.01. The number of benzene rings is 1. The number of fused-ring (bicyclic) bond motifs is 1. The summed E-state index contributed by atoms with van der Waals surface area (Å²) in [5.74, 6) is 1.71. The van der Waals surface area contributed by atoms with E-state index in [0.29, 0.717) is 17.3 Å². The van der Waals surface area contributed by atoms with Crippen molar-refractivity contribution in [1.29, 1.82) is 0 Å². The number of pyridine rings is 1. The zero-order valence-electron chi connectivity index (χ0n) is 17.1. The van der Waals surface area contributed by atoms with Crippen LogP contribution in [-0.4, -0.2) is 23.0 Å². The third kappa shape index (κ3) is 3.65. The summed E-state index contributed by atoms with van der Waals surface area (Å²) in [7, 11) is 0. The number of anilines is 2. The van der Waals surface area contributed by atoms with E-state index in [4.69, 9.17) is 4.74 Å². The molecule has 0 fully saturated rings. The Morgan fingerprint density at radius 1 is 1.14 bits per heavy atom. The van der Waals surface area contributed by atoms with Crippen LogP contribution in [0.4, 0.5) is 16.3 Å². The molecule has 1 aliphatic heterocycles. The van der Waals surface area contributed by atoms with Gasteiger partial charge in [-0.25, -0.2) is 9.78 Å². The minimum Gasteiger partial charge on any atom is -0.456 e. The lowest BCUT2D eigenvalue weighted by Gasteiger charge is -2.22. The topological polar surface area (TPSA) is 92.3 Å². The molecule has 0 bridgehead atoms. The Bertz CT molecular complexity index is 967. The van der Waals surface area contributed by atoms with Crippen molar-refractivity contribution in [3.05, 3.63) is 40.1 Å². The molecule has 2 aromatic rings. The Balaban J connectivity index is 2.02. The van der Waals surface area contributed by atoms with Crippen molar-refractivity contribution < 1.29 is 14.3 Å². The van der Waals surface area contributed by atoms with E-state index in [2.05, 4.69) is 20.9 Å². The molecular formula is C21H26N4O3. The summed E-state index contributed by atoms with van der Waals surface area (Å²) in [5, 5.41) is 8.53. The highest BCUT2D eigenvalue weighted by Crippen LogP contribution is 2.40. The summed E-state index contributed by atoms with van der Waals surface area (Å²) in [5.41, 5.74) is 5.35. The van der Waals surface area contributed by atoms with E-state index in [-0.39, 0.29) is 24.4 Å². The van der Waals surface area contributed by atoms with Gasteiger partial charge in [0.05, 0.1) is 12.1 Å². The number of hydrogen-bond acceptors (Lipinski definition) is 4. The van der Waals surface area contributed by atoms with Crippen molar-refractivity contribution in [2.45, 2.75) is 54.0 Å². The molecule has 0 atom stereocenters. The maximum Gasteiger partial charge on any atom is 0.319 e. The van der Waals surface area contributed by atoms with Gasteiger partial charge < -0.3 is 20.7 Å². The second-order valence-corrected chi connectivity index (χ2v) is 7.42. The Hall–Kier alpha value is -3.09. The van der Waals surface area contributed by atoms with E-state index in [1.165, 1.54) is 0 Å². The fourth-order valence-electron chi connectivity index (χ4n) is 3.36. The molecule has 0 radical (unpaired) electrons. The number of carbonyl (C=O) groups excluding carboxylic acids is 2. The normalized spacial score (nSPS) is 12.6. The second-order valence-electron chi connectivity index (χ2n) is 7.42. The van der Waals surface area contributed by atoms with Crippen molar-refractivity contribution in [2.75, 3.05) is 10.6 Å². The second kappa shape index (κ2) is 7.50. The number of amides is 3. The molecule has 1 aromatic heterocycles. The zero-order chi connectivity index (χ0) is 20.6. The number of carbonyl (C=O) groups is 2. The van der Waals surface area contributed by atoms with Crippen molar-refractivity contribution in [3.63, 3.8) is 0 Å². The molecule has 2 heterocycles. The third-order valence-corrected chi connectivity index (χ3v) is 5.03. The van der Waals surface area contributed by atoms with Gasteiger partial charge in [-0.1, -0.05) is 0 Å². The minimum atomic E-state index is -0.255. The minimum absolute atomic E-state index is 0.0346. The highest BCUT2D eigenvalue weighted by molar-refractivity contribution is 5.99. The molecule has 1 aliphatic rings. The fourth-order valence-corrected chi connectivity index (χ4v) is 3.36.